The van der Waals surface area contributed by atoms with Crippen molar-refractivity contribution in [2.75, 3.05) is 13.2 Å². The van der Waals surface area contributed by atoms with E-state index in [4.69, 9.17) is 21.1 Å². The number of aliphatic hydroxyl groups is 1. The molecular formula is C30H28ClNO6. The first-order valence-corrected chi connectivity index (χ1v) is 12.4. The number of benzene rings is 4. The number of phenols is 1. The van der Waals surface area contributed by atoms with E-state index in [9.17, 15) is 20.1 Å². The average molecular weight is 534 g/mol. The molecule has 4 N–H and O–H groups in total. The highest BCUT2D eigenvalue weighted by Crippen LogP contribution is 2.32. The van der Waals surface area contributed by atoms with E-state index < -0.39 is 12.1 Å². The molecule has 0 bridgehead atoms. The first-order valence-electron chi connectivity index (χ1n) is 12.0. The second-order valence-corrected chi connectivity index (χ2v) is 9.16. The molecule has 2 atom stereocenters. The molecule has 0 heterocycles. The number of carbonyl (C=O) groups is 1. The van der Waals surface area contributed by atoms with Gasteiger partial charge in [-0.2, -0.15) is 0 Å². The molecule has 0 saturated heterocycles. The van der Waals surface area contributed by atoms with Crippen LogP contribution in [0.5, 0.6) is 23.0 Å². The Bertz CT molecular complexity index is 1360. The standard InChI is InChI=1S/C30H28ClNO6/c1-19(29(34)21-2-9-24(33)10-3-21)32-16-17-37-25-11-4-20(5-12-25)22-6-15-27(30(35)36)28(18-22)38-26-13-7-23(31)8-14-26/h2-15,18-19,29,32-34H,16-17H2,1H3,(H,35,36)/t19-,29+/m1/s1. The molecular weight excluding hydrogens is 506 g/mol. The number of ether oxygens (including phenoxy) is 2. The van der Waals surface area contributed by atoms with Gasteiger partial charge in [0.25, 0.3) is 0 Å². The molecule has 7 nitrogen and oxygen atoms in total. The number of aromatic carboxylic acids is 1. The molecule has 0 saturated carbocycles. The van der Waals surface area contributed by atoms with Crippen molar-refractivity contribution in [3.63, 3.8) is 0 Å². The van der Waals surface area contributed by atoms with Gasteiger partial charge in [-0.05, 0) is 84.3 Å². The van der Waals surface area contributed by atoms with Crippen molar-refractivity contribution in [1.82, 2.24) is 5.32 Å². The van der Waals surface area contributed by atoms with Crippen molar-refractivity contribution in [1.29, 1.82) is 0 Å². The van der Waals surface area contributed by atoms with Gasteiger partial charge in [-0.15, -0.1) is 0 Å². The van der Waals surface area contributed by atoms with Gasteiger partial charge in [-0.1, -0.05) is 41.9 Å². The smallest absolute Gasteiger partial charge is 0.339 e. The van der Waals surface area contributed by atoms with Gasteiger partial charge in [0, 0.05) is 17.6 Å². The molecule has 0 aromatic heterocycles. The van der Waals surface area contributed by atoms with Crippen LogP contribution in [0.15, 0.2) is 91.0 Å². The lowest BCUT2D eigenvalue weighted by molar-refractivity contribution is 0.0694. The van der Waals surface area contributed by atoms with Crippen LogP contribution in [0.2, 0.25) is 5.02 Å². The molecule has 0 radical (unpaired) electrons. The summed E-state index contributed by atoms with van der Waals surface area (Å²) in [6.07, 6.45) is -0.712. The summed E-state index contributed by atoms with van der Waals surface area (Å²) in [5.74, 6) is 0.471. The summed E-state index contributed by atoms with van der Waals surface area (Å²) >= 11 is 5.93. The van der Waals surface area contributed by atoms with Crippen LogP contribution in [0.3, 0.4) is 0 Å². The lowest BCUT2D eigenvalue weighted by Gasteiger charge is -2.21. The van der Waals surface area contributed by atoms with Gasteiger partial charge >= 0.3 is 5.97 Å². The highest BCUT2D eigenvalue weighted by Gasteiger charge is 2.16. The number of phenolic OH excluding ortho intramolecular Hbond substituents is 1. The summed E-state index contributed by atoms with van der Waals surface area (Å²) in [5, 5.41) is 33.2. The van der Waals surface area contributed by atoms with Crippen molar-refractivity contribution in [2.45, 2.75) is 19.1 Å². The van der Waals surface area contributed by atoms with Gasteiger partial charge in [0.2, 0.25) is 0 Å². The fraction of sp³-hybridized carbons (Fsp3) is 0.167. The molecule has 0 aliphatic heterocycles. The van der Waals surface area contributed by atoms with Crippen LogP contribution in [0.25, 0.3) is 11.1 Å². The zero-order valence-corrected chi connectivity index (χ0v) is 21.4. The summed E-state index contributed by atoms with van der Waals surface area (Å²) in [6.45, 7) is 2.81. The Balaban J connectivity index is 1.34. The second kappa shape index (κ2) is 12.5. The Labute approximate surface area is 225 Å². The van der Waals surface area contributed by atoms with Crippen LogP contribution < -0.4 is 14.8 Å². The molecule has 0 spiro atoms. The molecule has 0 fully saturated rings. The van der Waals surface area contributed by atoms with Crippen molar-refractivity contribution >= 4 is 17.6 Å². The van der Waals surface area contributed by atoms with Crippen LogP contribution in [-0.4, -0.2) is 40.5 Å². The maximum Gasteiger partial charge on any atom is 0.339 e. The predicted octanol–water partition coefficient (Wildman–Crippen LogP) is 6.29. The van der Waals surface area contributed by atoms with Crippen LogP contribution >= 0.6 is 11.6 Å². The van der Waals surface area contributed by atoms with Gasteiger partial charge in [0.05, 0.1) is 6.10 Å². The molecule has 8 heteroatoms. The van der Waals surface area contributed by atoms with Crippen LogP contribution in [0.1, 0.15) is 28.9 Å². The van der Waals surface area contributed by atoms with Gasteiger partial charge in [0.1, 0.15) is 35.2 Å². The Hall–Kier alpha value is -4.04. The Morgan fingerprint density at radius 3 is 2.18 bits per heavy atom. The lowest BCUT2D eigenvalue weighted by atomic mass is 10.0. The molecule has 4 aromatic carbocycles. The fourth-order valence-electron chi connectivity index (χ4n) is 3.86. The highest BCUT2D eigenvalue weighted by atomic mass is 35.5. The van der Waals surface area contributed by atoms with Gasteiger partial charge < -0.3 is 30.1 Å². The number of nitrogens with one attached hydrogen (secondary N) is 1. The summed E-state index contributed by atoms with van der Waals surface area (Å²) in [4.78, 5) is 11.7. The number of carboxylic acid groups (broad SMARTS) is 1. The van der Waals surface area contributed by atoms with E-state index in [0.29, 0.717) is 29.7 Å². The SMILES string of the molecule is C[C@@H](NCCOc1ccc(-c2ccc(C(=O)O)c(Oc3ccc(Cl)cc3)c2)cc1)[C@H](O)c1ccc(O)cc1. The summed E-state index contributed by atoms with van der Waals surface area (Å²) < 4.78 is 11.7. The third-order valence-corrected chi connectivity index (χ3v) is 6.24. The Morgan fingerprint density at radius 1 is 0.895 bits per heavy atom. The van der Waals surface area contributed by atoms with Gasteiger partial charge in [0.15, 0.2) is 0 Å². The van der Waals surface area contributed by atoms with Crippen molar-refractivity contribution in [3.05, 3.63) is 107 Å². The number of aromatic hydroxyl groups is 1. The van der Waals surface area contributed by atoms with E-state index in [1.807, 2.05) is 31.2 Å². The third kappa shape index (κ3) is 7.04. The quantitative estimate of drug-likeness (QED) is 0.168. The minimum Gasteiger partial charge on any atom is -0.508 e. The molecule has 38 heavy (non-hydrogen) atoms. The molecule has 0 unspecified atom stereocenters. The molecule has 0 aliphatic rings. The first kappa shape index (κ1) is 27.0. The van der Waals surface area contributed by atoms with Crippen LogP contribution in [-0.2, 0) is 0 Å². The monoisotopic (exact) mass is 533 g/mol. The van der Waals surface area contributed by atoms with Gasteiger partial charge in [-0.3, -0.25) is 0 Å². The second-order valence-electron chi connectivity index (χ2n) is 8.72. The van der Waals surface area contributed by atoms with Crippen molar-refractivity contribution in [3.8, 4) is 34.1 Å². The number of rotatable bonds is 11. The number of carboxylic acids is 1. The van der Waals surface area contributed by atoms with E-state index >= 15 is 0 Å². The number of hydrogen-bond acceptors (Lipinski definition) is 6. The summed E-state index contributed by atoms with van der Waals surface area (Å²) in [6, 6.07) is 25.4. The van der Waals surface area contributed by atoms with E-state index in [2.05, 4.69) is 5.32 Å². The van der Waals surface area contributed by atoms with E-state index in [1.165, 1.54) is 6.07 Å². The fourth-order valence-corrected chi connectivity index (χ4v) is 3.99. The molecule has 4 aromatic rings. The number of hydrogen-bond donors (Lipinski definition) is 4. The third-order valence-electron chi connectivity index (χ3n) is 5.99. The first-order chi connectivity index (χ1) is 18.3. The average Bonchev–Trinajstić information content (AvgIpc) is 2.92. The topological polar surface area (TPSA) is 108 Å². The predicted molar refractivity (Wildman–Crippen MR) is 146 cm³/mol. The zero-order valence-electron chi connectivity index (χ0n) is 20.7. The minimum absolute atomic E-state index is 0.0564. The molecule has 4 rings (SSSR count). The molecule has 0 aliphatic carbocycles. The number of aliphatic hydroxyl groups excluding tert-OH is 1. The largest absolute Gasteiger partial charge is 0.508 e. The maximum atomic E-state index is 11.7. The lowest BCUT2D eigenvalue weighted by Crippen LogP contribution is -2.35. The van der Waals surface area contributed by atoms with Crippen LogP contribution in [0.4, 0.5) is 0 Å². The summed E-state index contributed by atoms with van der Waals surface area (Å²) in [5.41, 5.74) is 2.45. The Kier molecular flexibility index (Phi) is 8.86. The molecule has 196 valence electrons. The molecule has 0 amide bonds. The van der Waals surface area contributed by atoms with Crippen molar-refractivity contribution in [2.24, 2.45) is 0 Å². The zero-order chi connectivity index (χ0) is 27.1. The minimum atomic E-state index is -1.08. The van der Waals surface area contributed by atoms with Crippen LogP contribution in [0, 0.1) is 0 Å². The maximum absolute atomic E-state index is 11.7. The summed E-state index contributed by atoms with van der Waals surface area (Å²) in [7, 11) is 0. The normalized spacial score (nSPS) is 12.5. The Morgan fingerprint density at radius 2 is 1.53 bits per heavy atom. The number of halogens is 1. The van der Waals surface area contributed by atoms with E-state index in [-0.39, 0.29) is 23.1 Å². The highest BCUT2D eigenvalue weighted by molar-refractivity contribution is 6.30. The van der Waals surface area contributed by atoms with E-state index in [0.717, 1.165) is 16.7 Å². The van der Waals surface area contributed by atoms with Crippen molar-refractivity contribution < 1.29 is 29.6 Å². The van der Waals surface area contributed by atoms with Gasteiger partial charge in [-0.25, -0.2) is 4.79 Å². The van der Waals surface area contributed by atoms with E-state index in [1.54, 1.807) is 60.7 Å².